The van der Waals surface area contributed by atoms with Crippen LogP contribution in [0.4, 0.5) is 0 Å². The van der Waals surface area contributed by atoms with Crippen LogP contribution in [0.15, 0.2) is 24.7 Å². The van der Waals surface area contributed by atoms with Gasteiger partial charge in [0.2, 0.25) is 0 Å². The summed E-state index contributed by atoms with van der Waals surface area (Å²) in [5.41, 5.74) is 0.937. The van der Waals surface area contributed by atoms with Gasteiger partial charge in [0.15, 0.2) is 0 Å². The second kappa shape index (κ2) is 5.40. The zero-order valence-corrected chi connectivity index (χ0v) is 12.9. The van der Waals surface area contributed by atoms with Crippen LogP contribution >= 0.6 is 31.9 Å². The van der Waals surface area contributed by atoms with Gasteiger partial charge in [-0.15, -0.1) is 0 Å². The van der Waals surface area contributed by atoms with Gasteiger partial charge in [0.1, 0.15) is 0 Å². The molecule has 2 rings (SSSR count). The minimum absolute atomic E-state index is 0.184. The lowest BCUT2D eigenvalue weighted by Gasteiger charge is -2.08. The number of aryl methyl sites for hydroxylation is 1. The lowest BCUT2D eigenvalue weighted by Crippen LogP contribution is -2.17. The van der Waals surface area contributed by atoms with Gasteiger partial charge in [-0.2, -0.15) is 0 Å². The van der Waals surface area contributed by atoms with E-state index in [1.807, 2.05) is 0 Å². The standard InChI is InChI=1S/C12H12Br2N2O2/c1-2-3-4-6-8-10(16-12(18)9(6)14)7(13)5-15-11(8)17/h5H,2-4H2,1H3,(H,15,17)(H,16,18). The molecule has 0 aliphatic carbocycles. The lowest BCUT2D eigenvalue weighted by atomic mass is 10.1. The van der Waals surface area contributed by atoms with Gasteiger partial charge in [-0.05, 0) is 50.3 Å². The maximum Gasteiger partial charge on any atom is 0.263 e. The molecular formula is C12H12Br2N2O2. The van der Waals surface area contributed by atoms with E-state index in [1.165, 1.54) is 6.20 Å². The maximum absolute atomic E-state index is 12.0. The Morgan fingerprint density at radius 3 is 2.61 bits per heavy atom. The van der Waals surface area contributed by atoms with Gasteiger partial charge in [-0.25, -0.2) is 0 Å². The minimum atomic E-state index is -0.208. The smallest absolute Gasteiger partial charge is 0.263 e. The Labute approximate surface area is 120 Å². The summed E-state index contributed by atoms with van der Waals surface area (Å²) in [6.45, 7) is 2.07. The van der Waals surface area contributed by atoms with Crippen LogP contribution < -0.4 is 11.1 Å². The molecule has 0 aliphatic rings. The van der Waals surface area contributed by atoms with E-state index in [1.54, 1.807) is 0 Å². The van der Waals surface area contributed by atoms with Crippen molar-refractivity contribution in [3.8, 4) is 0 Å². The molecule has 0 atom stereocenters. The zero-order chi connectivity index (χ0) is 13.3. The highest BCUT2D eigenvalue weighted by Gasteiger charge is 2.14. The number of unbranched alkanes of at least 4 members (excludes halogenated alkanes) is 1. The number of H-pyrrole nitrogens is 2. The molecule has 0 bridgehead atoms. The summed E-state index contributed by atoms with van der Waals surface area (Å²) < 4.78 is 1.13. The molecule has 0 saturated carbocycles. The third-order valence-corrected chi connectivity index (χ3v) is 4.29. The van der Waals surface area contributed by atoms with Gasteiger partial charge in [-0.3, -0.25) is 9.59 Å². The number of aromatic amines is 2. The van der Waals surface area contributed by atoms with Crippen LogP contribution in [0.3, 0.4) is 0 Å². The van der Waals surface area contributed by atoms with Gasteiger partial charge < -0.3 is 9.97 Å². The second-order valence-corrected chi connectivity index (χ2v) is 5.71. The number of aromatic nitrogens is 2. The number of fused-ring (bicyclic) bond motifs is 1. The first-order valence-corrected chi connectivity index (χ1v) is 7.26. The first-order valence-electron chi connectivity index (χ1n) is 5.67. The van der Waals surface area contributed by atoms with E-state index in [0.717, 1.165) is 18.4 Å². The van der Waals surface area contributed by atoms with E-state index in [9.17, 15) is 9.59 Å². The van der Waals surface area contributed by atoms with Crippen molar-refractivity contribution in [3.05, 3.63) is 41.4 Å². The maximum atomic E-state index is 12.0. The lowest BCUT2D eigenvalue weighted by molar-refractivity contribution is 0.794. The van der Waals surface area contributed by atoms with Crippen LogP contribution in [-0.4, -0.2) is 9.97 Å². The van der Waals surface area contributed by atoms with Crippen molar-refractivity contribution in [2.24, 2.45) is 0 Å². The molecule has 2 heterocycles. The van der Waals surface area contributed by atoms with Gasteiger partial charge in [0.25, 0.3) is 11.1 Å². The Bertz CT molecular complexity index is 704. The Hall–Kier alpha value is -0.880. The van der Waals surface area contributed by atoms with E-state index < -0.39 is 0 Å². The van der Waals surface area contributed by atoms with Crippen molar-refractivity contribution >= 4 is 42.8 Å². The highest BCUT2D eigenvalue weighted by Crippen LogP contribution is 2.25. The molecule has 2 aromatic rings. The first kappa shape index (κ1) is 13.5. The monoisotopic (exact) mass is 374 g/mol. The third-order valence-electron chi connectivity index (χ3n) is 2.83. The van der Waals surface area contributed by atoms with Crippen molar-refractivity contribution in [2.75, 3.05) is 0 Å². The number of nitrogens with one attached hydrogen (secondary N) is 2. The van der Waals surface area contributed by atoms with Crippen molar-refractivity contribution in [2.45, 2.75) is 26.2 Å². The molecule has 0 fully saturated rings. The molecule has 0 radical (unpaired) electrons. The first-order chi connectivity index (χ1) is 8.56. The zero-order valence-electron chi connectivity index (χ0n) is 9.77. The molecule has 0 unspecified atom stereocenters. The quantitative estimate of drug-likeness (QED) is 0.865. The predicted molar refractivity (Wildman–Crippen MR) is 79.2 cm³/mol. The average Bonchev–Trinajstić information content (AvgIpc) is 2.35. The Kier molecular flexibility index (Phi) is 4.07. The van der Waals surface area contributed by atoms with Crippen LogP contribution in [0.1, 0.15) is 25.3 Å². The Morgan fingerprint density at radius 2 is 1.94 bits per heavy atom. The fourth-order valence-electron chi connectivity index (χ4n) is 1.92. The molecule has 18 heavy (non-hydrogen) atoms. The summed E-state index contributed by atoms with van der Waals surface area (Å²) in [4.78, 5) is 29.2. The molecule has 0 aromatic carbocycles. The van der Waals surface area contributed by atoms with E-state index in [-0.39, 0.29) is 11.1 Å². The second-order valence-electron chi connectivity index (χ2n) is 4.07. The van der Waals surface area contributed by atoms with Crippen molar-refractivity contribution in [1.29, 1.82) is 0 Å². The van der Waals surface area contributed by atoms with Crippen LogP contribution in [0.2, 0.25) is 0 Å². The van der Waals surface area contributed by atoms with Gasteiger partial charge in [-0.1, -0.05) is 13.3 Å². The predicted octanol–water partition coefficient (Wildman–Crippen LogP) is 3.08. The van der Waals surface area contributed by atoms with Gasteiger partial charge in [0, 0.05) is 6.20 Å². The summed E-state index contributed by atoms with van der Waals surface area (Å²) in [5.74, 6) is 0. The molecule has 0 amide bonds. The molecule has 4 nitrogen and oxygen atoms in total. The van der Waals surface area contributed by atoms with Crippen LogP contribution in [-0.2, 0) is 6.42 Å². The molecule has 2 aromatic heterocycles. The molecule has 96 valence electrons. The van der Waals surface area contributed by atoms with E-state index >= 15 is 0 Å². The molecule has 6 heteroatoms. The normalized spacial score (nSPS) is 11.1. The van der Waals surface area contributed by atoms with Crippen molar-refractivity contribution < 1.29 is 0 Å². The number of hydrogen-bond donors (Lipinski definition) is 2. The SMILES string of the molecule is CCCCc1c(Br)c(=O)[nH]c2c(Br)c[nH]c(=O)c12. The highest BCUT2D eigenvalue weighted by atomic mass is 79.9. The topological polar surface area (TPSA) is 65.7 Å². The van der Waals surface area contributed by atoms with Crippen LogP contribution in [0, 0.1) is 0 Å². The summed E-state index contributed by atoms with van der Waals surface area (Å²) in [6, 6.07) is 0. The van der Waals surface area contributed by atoms with E-state index in [4.69, 9.17) is 0 Å². The molecular weight excluding hydrogens is 364 g/mol. The minimum Gasteiger partial charge on any atom is -0.327 e. The fourth-order valence-corrected chi connectivity index (χ4v) is 2.83. The van der Waals surface area contributed by atoms with E-state index in [0.29, 0.717) is 26.3 Å². The van der Waals surface area contributed by atoms with E-state index in [2.05, 4.69) is 48.8 Å². The van der Waals surface area contributed by atoms with Gasteiger partial charge in [0.05, 0.1) is 19.8 Å². The van der Waals surface area contributed by atoms with Crippen LogP contribution in [0.5, 0.6) is 0 Å². The highest BCUT2D eigenvalue weighted by molar-refractivity contribution is 9.11. The van der Waals surface area contributed by atoms with Crippen molar-refractivity contribution in [3.63, 3.8) is 0 Å². The summed E-state index contributed by atoms with van der Waals surface area (Å²) in [7, 11) is 0. The number of rotatable bonds is 3. The largest absolute Gasteiger partial charge is 0.327 e. The number of hydrogen-bond acceptors (Lipinski definition) is 2. The third kappa shape index (κ3) is 2.31. The number of halogens is 2. The Balaban J connectivity index is 2.88. The number of pyridine rings is 2. The summed E-state index contributed by atoms with van der Waals surface area (Å²) in [5, 5.41) is 0.546. The summed E-state index contributed by atoms with van der Waals surface area (Å²) in [6.07, 6.45) is 4.19. The Morgan fingerprint density at radius 1 is 1.22 bits per heavy atom. The molecule has 2 N–H and O–H groups in total. The molecule has 0 aliphatic heterocycles. The summed E-state index contributed by atoms with van der Waals surface area (Å²) >= 11 is 6.61. The fraction of sp³-hybridized carbons (Fsp3) is 0.333. The molecule has 0 saturated heterocycles. The van der Waals surface area contributed by atoms with Crippen LogP contribution in [0.25, 0.3) is 10.9 Å². The average molecular weight is 376 g/mol. The van der Waals surface area contributed by atoms with Gasteiger partial charge >= 0.3 is 0 Å². The van der Waals surface area contributed by atoms with Crippen molar-refractivity contribution in [1.82, 2.24) is 9.97 Å². The molecule has 0 spiro atoms.